The Labute approximate surface area is 253 Å². The van der Waals surface area contributed by atoms with E-state index in [0.717, 1.165) is 37.0 Å². The predicted octanol–water partition coefficient (Wildman–Crippen LogP) is 6.97. The number of aromatic nitrogens is 2. The van der Waals surface area contributed by atoms with Crippen LogP contribution in [-0.4, -0.2) is 47.4 Å². The number of fused-ring (bicyclic) bond motifs is 3. The van der Waals surface area contributed by atoms with E-state index in [1.165, 1.54) is 36.4 Å². The minimum absolute atomic E-state index is 0.000707. The Morgan fingerprint density at radius 3 is 2.48 bits per heavy atom. The first-order valence-electron chi connectivity index (χ1n) is 14.3. The van der Waals surface area contributed by atoms with E-state index in [4.69, 9.17) is 9.26 Å². The number of benzene rings is 2. The monoisotopic (exact) mass is 648 g/mol. The van der Waals surface area contributed by atoms with Gasteiger partial charge in [0.15, 0.2) is 0 Å². The number of rotatable bonds is 9. The van der Waals surface area contributed by atoms with Gasteiger partial charge in [0.05, 0.1) is 33.7 Å². The van der Waals surface area contributed by atoms with Crippen molar-refractivity contribution in [2.75, 3.05) is 0 Å². The van der Waals surface area contributed by atoms with Crippen LogP contribution in [0.25, 0.3) is 21.5 Å². The van der Waals surface area contributed by atoms with Gasteiger partial charge in [0.2, 0.25) is 14.2 Å². The molecule has 2 unspecified atom stereocenters. The first-order valence-corrected chi connectivity index (χ1v) is 16.7. The summed E-state index contributed by atoms with van der Waals surface area (Å²) in [7, 11) is -3.77. The average molecular weight is 649 g/mol. The summed E-state index contributed by atoms with van der Waals surface area (Å²) in [5.74, 6) is -1.03. The first-order chi connectivity index (χ1) is 21.0. The van der Waals surface area contributed by atoms with Crippen molar-refractivity contribution in [1.82, 2.24) is 10.1 Å². The highest BCUT2D eigenvalue weighted by Gasteiger charge is 2.51. The normalized spacial score (nSPS) is 23.7. The highest BCUT2D eigenvalue weighted by molar-refractivity contribution is 7.94. The van der Waals surface area contributed by atoms with Crippen LogP contribution in [0.5, 0.6) is 5.75 Å². The van der Waals surface area contributed by atoms with E-state index in [1.54, 1.807) is 6.07 Å². The third-order valence-corrected chi connectivity index (χ3v) is 12.6. The van der Waals surface area contributed by atoms with E-state index >= 15 is 0 Å². The van der Waals surface area contributed by atoms with Crippen LogP contribution in [-0.2, 0) is 21.2 Å². The fourth-order valence-corrected chi connectivity index (χ4v) is 10.5. The van der Waals surface area contributed by atoms with Crippen molar-refractivity contribution in [3.63, 3.8) is 0 Å². The second-order valence-electron chi connectivity index (χ2n) is 11.7. The molecule has 1 N–H and O–H groups in total. The molecule has 232 valence electrons. The Bertz CT molecular complexity index is 1830. The van der Waals surface area contributed by atoms with Crippen molar-refractivity contribution >= 4 is 37.4 Å². The van der Waals surface area contributed by atoms with Crippen molar-refractivity contribution in [2.24, 2.45) is 11.8 Å². The highest BCUT2D eigenvalue weighted by atomic mass is 32.2. The molecule has 0 radical (unpaired) electrons. The Kier molecular flexibility index (Phi) is 7.20. The topological polar surface area (TPSA) is 129 Å². The number of para-hydroxylation sites is 1. The number of nitrogens with zero attached hydrogens (tertiary/aromatic N) is 2. The minimum atomic E-state index is -4.87. The lowest BCUT2D eigenvalue weighted by molar-refractivity contribution is -0.274. The van der Waals surface area contributed by atoms with Crippen molar-refractivity contribution in [1.29, 1.82) is 0 Å². The molecule has 0 aliphatic heterocycles. The number of carbonyl (C=O) groups is 1. The number of hydrogen-bond acceptors (Lipinski definition) is 9. The van der Waals surface area contributed by atoms with Crippen LogP contribution in [0.2, 0.25) is 0 Å². The molecule has 44 heavy (non-hydrogen) atoms. The molecule has 9 nitrogen and oxygen atoms in total. The van der Waals surface area contributed by atoms with Crippen LogP contribution in [0.4, 0.5) is 13.2 Å². The molecule has 2 bridgehead atoms. The second kappa shape index (κ2) is 10.8. The molecule has 2 aromatic carbocycles. The number of thiazole rings is 1. The lowest BCUT2D eigenvalue weighted by Gasteiger charge is -2.34. The Morgan fingerprint density at radius 2 is 1.80 bits per heavy atom. The maximum Gasteiger partial charge on any atom is 0.573 e. The van der Waals surface area contributed by atoms with Gasteiger partial charge in [0.1, 0.15) is 17.2 Å². The first kappa shape index (κ1) is 29.2. The average Bonchev–Trinajstić information content (AvgIpc) is 3.46. The fraction of sp³-hybridized carbons (Fsp3) is 0.433. The van der Waals surface area contributed by atoms with Crippen LogP contribution in [0.15, 0.2) is 51.3 Å². The van der Waals surface area contributed by atoms with Gasteiger partial charge < -0.3 is 19.1 Å². The zero-order chi connectivity index (χ0) is 30.8. The number of ether oxygens (including phenoxy) is 2. The van der Waals surface area contributed by atoms with Crippen molar-refractivity contribution in [3.8, 4) is 17.0 Å². The maximum atomic E-state index is 13.8. The van der Waals surface area contributed by atoms with E-state index < -0.39 is 27.4 Å². The third kappa shape index (κ3) is 5.47. The SMILES string of the molecule is O=C(O)c1ccc2nc(S(=O)(=O)C3C4CCC3CC(OCc3c(-c5ccccc5OC(F)(F)F)noc3C3CC3)C4)sc2c1. The predicted molar refractivity (Wildman–Crippen MR) is 152 cm³/mol. The largest absolute Gasteiger partial charge is 0.573 e. The van der Waals surface area contributed by atoms with Gasteiger partial charge in [-0.05, 0) is 80.7 Å². The molecule has 3 fully saturated rings. The van der Waals surface area contributed by atoms with E-state index in [2.05, 4.69) is 14.9 Å². The minimum Gasteiger partial charge on any atom is -0.478 e. The third-order valence-electron chi connectivity index (χ3n) is 8.78. The number of alkyl halides is 3. The van der Waals surface area contributed by atoms with Gasteiger partial charge in [0, 0.05) is 17.0 Å². The van der Waals surface area contributed by atoms with Gasteiger partial charge in [0.25, 0.3) is 0 Å². The summed E-state index contributed by atoms with van der Waals surface area (Å²) < 4.78 is 83.7. The molecule has 7 rings (SSSR count). The van der Waals surface area contributed by atoms with Gasteiger partial charge in [-0.25, -0.2) is 18.2 Å². The summed E-state index contributed by atoms with van der Waals surface area (Å²) in [6, 6.07) is 10.2. The van der Waals surface area contributed by atoms with Crippen LogP contribution >= 0.6 is 11.3 Å². The lowest BCUT2D eigenvalue weighted by Crippen LogP contribution is -2.39. The Morgan fingerprint density at radius 1 is 1.07 bits per heavy atom. The molecule has 3 aliphatic rings. The van der Waals surface area contributed by atoms with Crippen LogP contribution in [0, 0.1) is 11.8 Å². The smallest absolute Gasteiger partial charge is 0.478 e. The molecule has 2 heterocycles. The van der Waals surface area contributed by atoms with Gasteiger partial charge in [-0.3, -0.25) is 0 Å². The van der Waals surface area contributed by atoms with Crippen LogP contribution in [0.1, 0.15) is 66.1 Å². The summed E-state index contributed by atoms with van der Waals surface area (Å²) in [6.45, 7) is 0.0658. The Hall–Kier alpha value is -3.49. The molecule has 14 heteroatoms. The van der Waals surface area contributed by atoms with Crippen LogP contribution < -0.4 is 4.74 Å². The number of sulfone groups is 1. The molecule has 2 aromatic heterocycles. The molecule has 0 amide bonds. The van der Waals surface area contributed by atoms with Gasteiger partial charge >= 0.3 is 12.3 Å². The zero-order valence-corrected chi connectivity index (χ0v) is 24.8. The molecular weight excluding hydrogens is 621 g/mol. The van der Waals surface area contributed by atoms with Gasteiger partial charge in [-0.15, -0.1) is 24.5 Å². The summed E-state index contributed by atoms with van der Waals surface area (Å²) in [4.78, 5) is 15.7. The molecular formula is C30H27F3N2O7S2. The van der Waals surface area contributed by atoms with Crippen molar-refractivity contribution < 1.29 is 45.5 Å². The summed E-state index contributed by atoms with van der Waals surface area (Å²) in [5, 5.41) is 12.8. The van der Waals surface area contributed by atoms with E-state index in [9.17, 15) is 31.5 Å². The number of hydrogen-bond donors (Lipinski definition) is 1. The highest BCUT2D eigenvalue weighted by Crippen LogP contribution is 2.50. The summed E-state index contributed by atoms with van der Waals surface area (Å²) in [5.41, 5.74) is 1.50. The lowest BCUT2D eigenvalue weighted by atomic mass is 9.86. The summed E-state index contributed by atoms with van der Waals surface area (Å²) >= 11 is 0.993. The van der Waals surface area contributed by atoms with Gasteiger partial charge in [-0.2, -0.15) is 0 Å². The molecule has 2 atom stereocenters. The number of halogens is 3. The second-order valence-corrected chi connectivity index (χ2v) is 15.0. The quantitative estimate of drug-likeness (QED) is 0.205. The van der Waals surface area contributed by atoms with Crippen molar-refractivity contribution in [3.05, 3.63) is 59.4 Å². The molecule has 3 aliphatic carbocycles. The van der Waals surface area contributed by atoms with Crippen molar-refractivity contribution in [2.45, 2.75) is 73.1 Å². The molecule has 0 saturated heterocycles. The maximum absolute atomic E-state index is 13.8. The standard InChI is InChI=1S/C30H27F3N2O7S2/c31-30(32,33)41-23-4-2-1-3-20(23)25-21(26(42-35-25)15-5-6-15)14-40-19-11-16-7-8-17(12-19)27(16)44(38,39)29-34-22-10-9-18(28(36)37)13-24(22)43-29/h1-4,9-10,13,15-17,19,27H,5-8,11-12,14H2,(H,36,37). The molecule has 0 spiro atoms. The number of carboxylic acid groups (broad SMARTS) is 1. The molecule has 4 aromatic rings. The zero-order valence-electron chi connectivity index (χ0n) is 23.1. The molecule has 3 saturated carbocycles. The fourth-order valence-electron chi connectivity index (χ4n) is 6.75. The van der Waals surface area contributed by atoms with E-state index in [-0.39, 0.29) is 57.4 Å². The van der Waals surface area contributed by atoms with E-state index in [0.29, 0.717) is 34.4 Å². The summed E-state index contributed by atoms with van der Waals surface area (Å²) in [6.07, 6.45) is -0.849. The van der Waals surface area contributed by atoms with Crippen LogP contribution in [0.3, 0.4) is 0 Å². The Balaban J connectivity index is 1.10. The number of carboxylic acids is 1. The van der Waals surface area contributed by atoms with Gasteiger partial charge in [-0.1, -0.05) is 17.3 Å². The van der Waals surface area contributed by atoms with E-state index in [1.807, 2.05) is 0 Å². The number of aromatic carboxylic acids is 1.